The molecule has 3 aromatic heterocycles. The fraction of sp³-hybridized carbons (Fsp3) is 0.385. The molecule has 1 saturated heterocycles. The lowest BCUT2D eigenvalue weighted by atomic mass is 10.1. The number of aromatic nitrogens is 3. The minimum Gasteiger partial charge on any atom is -0.496 e. The number of aliphatic hydroxyl groups is 1. The number of nitrogens with zero attached hydrogens (tertiary/aromatic N) is 3. The van der Waals surface area contributed by atoms with Gasteiger partial charge in [0.05, 0.1) is 43.3 Å². The zero-order chi connectivity index (χ0) is 27.7. The number of benzene rings is 1. The van der Waals surface area contributed by atoms with E-state index < -0.39 is 35.1 Å². The fourth-order valence-corrected chi connectivity index (χ4v) is 6.14. The number of hydrogen-bond acceptors (Lipinski definition) is 9. The van der Waals surface area contributed by atoms with Crippen LogP contribution in [0.3, 0.4) is 0 Å². The molecule has 1 amide bonds. The van der Waals surface area contributed by atoms with Crippen LogP contribution in [0.4, 0.5) is 4.39 Å². The summed E-state index contributed by atoms with van der Waals surface area (Å²) in [6, 6.07) is 2.94. The number of halogens is 1. The third-order valence-corrected chi connectivity index (χ3v) is 8.04. The molecular weight excluding hydrogens is 531 g/mol. The van der Waals surface area contributed by atoms with Crippen molar-refractivity contribution < 1.29 is 28.2 Å². The summed E-state index contributed by atoms with van der Waals surface area (Å²) >= 11 is 1.15. The summed E-state index contributed by atoms with van der Waals surface area (Å²) in [4.78, 5) is 45.7. The average molecular weight is 559 g/mol. The highest BCUT2D eigenvalue weighted by Crippen LogP contribution is 2.37. The van der Waals surface area contributed by atoms with E-state index in [1.54, 1.807) is 6.92 Å². The average Bonchev–Trinajstić information content (AvgIpc) is 3.57. The Hall–Kier alpha value is -3.81. The Labute approximate surface area is 225 Å². The number of methoxy groups -OCH3 is 1. The minimum absolute atomic E-state index is 0.0993. The number of carbonyl (C=O) groups excluding carboxylic acids is 1. The van der Waals surface area contributed by atoms with Crippen LogP contribution in [0.5, 0.6) is 5.75 Å². The molecule has 2 N–H and O–H groups in total. The van der Waals surface area contributed by atoms with Crippen molar-refractivity contribution >= 4 is 27.5 Å². The molecule has 5 rings (SSSR count). The number of hydrogen-bond donors (Lipinski definition) is 2. The Morgan fingerprint density at radius 3 is 2.85 bits per heavy atom. The molecule has 1 aromatic carbocycles. The SMILES string of the molecule is COc1ccc(F)cc1C(Cn1c(=O)n(C2CCCNC2=O)c(=O)c2c(C)c(-c3ncco3)sc21)OCCO. The Morgan fingerprint density at radius 2 is 2.15 bits per heavy atom. The third-order valence-electron chi connectivity index (χ3n) is 6.73. The van der Waals surface area contributed by atoms with E-state index >= 15 is 0 Å². The molecular formula is C26H27FN4O7S. The van der Waals surface area contributed by atoms with E-state index in [1.807, 2.05) is 0 Å². The van der Waals surface area contributed by atoms with Gasteiger partial charge in [-0.3, -0.25) is 14.2 Å². The Bertz CT molecular complexity index is 1630. The molecule has 4 aromatic rings. The van der Waals surface area contributed by atoms with E-state index in [0.29, 0.717) is 46.0 Å². The predicted octanol–water partition coefficient (Wildman–Crippen LogP) is 2.54. The molecule has 4 heterocycles. The van der Waals surface area contributed by atoms with Crippen LogP contribution < -0.4 is 21.3 Å². The molecule has 206 valence electrons. The van der Waals surface area contributed by atoms with Gasteiger partial charge in [0.15, 0.2) is 0 Å². The Kier molecular flexibility index (Phi) is 7.64. The number of ether oxygens (including phenoxy) is 2. The molecule has 2 unspecified atom stereocenters. The lowest BCUT2D eigenvalue weighted by Gasteiger charge is -2.26. The first kappa shape index (κ1) is 26.8. The lowest BCUT2D eigenvalue weighted by Crippen LogP contribution is -2.49. The van der Waals surface area contributed by atoms with Gasteiger partial charge in [0.1, 0.15) is 34.8 Å². The maximum absolute atomic E-state index is 14.3. The van der Waals surface area contributed by atoms with Gasteiger partial charge >= 0.3 is 5.69 Å². The number of aryl methyl sites for hydroxylation is 1. The van der Waals surface area contributed by atoms with Gasteiger partial charge in [-0.05, 0) is 43.5 Å². The van der Waals surface area contributed by atoms with Gasteiger partial charge < -0.3 is 24.3 Å². The maximum atomic E-state index is 14.3. The number of oxazole rings is 1. The monoisotopic (exact) mass is 558 g/mol. The number of fused-ring (bicyclic) bond motifs is 1. The molecule has 1 aliphatic rings. The second-order valence-corrected chi connectivity index (χ2v) is 10.1. The van der Waals surface area contributed by atoms with Crippen molar-refractivity contribution in [1.82, 2.24) is 19.4 Å². The van der Waals surface area contributed by atoms with Gasteiger partial charge in [-0.25, -0.2) is 18.7 Å². The summed E-state index contributed by atoms with van der Waals surface area (Å²) in [5.74, 6) is -0.338. The van der Waals surface area contributed by atoms with E-state index in [-0.39, 0.29) is 31.0 Å². The number of thiophene rings is 1. The second kappa shape index (κ2) is 11.1. The Morgan fingerprint density at radius 1 is 1.33 bits per heavy atom. The summed E-state index contributed by atoms with van der Waals surface area (Å²) in [6.07, 6.45) is 2.87. The van der Waals surface area contributed by atoms with Crippen molar-refractivity contribution in [3.63, 3.8) is 0 Å². The predicted molar refractivity (Wildman–Crippen MR) is 141 cm³/mol. The number of piperidine rings is 1. The molecule has 0 saturated carbocycles. The molecule has 11 nitrogen and oxygen atoms in total. The zero-order valence-electron chi connectivity index (χ0n) is 21.3. The third kappa shape index (κ3) is 4.88. The molecule has 13 heteroatoms. The summed E-state index contributed by atoms with van der Waals surface area (Å²) in [5, 5.41) is 12.4. The van der Waals surface area contributed by atoms with Crippen molar-refractivity contribution in [1.29, 1.82) is 0 Å². The van der Waals surface area contributed by atoms with Crippen molar-refractivity contribution in [3.8, 4) is 16.5 Å². The van der Waals surface area contributed by atoms with E-state index in [9.17, 15) is 23.9 Å². The topological polar surface area (TPSA) is 138 Å². The normalized spacial score (nSPS) is 16.4. The van der Waals surface area contributed by atoms with E-state index in [4.69, 9.17) is 13.9 Å². The second-order valence-electron chi connectivity index (χ2n) is 9.06. The summed E-state index contributed by atoms with van der Waals surface area (Å²) in [6.45, 7) is 1.62. The van der Waals surface area contributed by atoms with Crippen LogP contribution in [0.25, 0.3) is 21.0 Å². The first-order valence-corrected chi connectivity index (χ1v) is 13.2. The molecule has 0 spiro atoms. The number of carbonyl (C=O) groups is 1. The van der Waals surface area contributed by atoms with Gasteiger partial charge in [0.25, 0.3) is 5.56 Å². The number of nitrogens with one attached hydrogen (secondary N) is 1. The van der Waals surface area contributed by atoms with Crippen LogP contribution >= 0.6 is 11.3 Å². The lowest BCUT2D eigenvalue weighted by molar-refractivity contribution is -0.126. The number of amides is 1. The molecule has 2 atom stereocenters. The van der Waals surface area contributed by atoms with Crippen LogP contribution in [0, 0.1) is 12.7 Å². The standard InChI is InChI=1S/C26H27FN4O7S/c1-14-20-24(34)31(17-4-3-7-28-22(17)33)26(35)30(25(20)39-21(14)23-29-8-10-38-23)13-19(37-11-9-32)16-12-15(27)5-6-18(16)36-2/h5-6,8,10,12,17,19,32H,3-4,7,9,11,13H2,1-2H3,(H,28,33). The molecule has 39 heavy (non-hydrogen) atoms. The van der Waals surface area contributed by atoms with Crippen molar-refractivity contribution in [2.24, 2.45) is 0 Å². The van der Waals surface area contributed by atoms with E-state index in [2.05, 4.69) is 10.3 Å². The highest BCUT2D eigenvalue weighted by atomic mass is 32.1. The number of aliphatic hydroxyl groups excluding tert-OH is 1. The maximum Gasteiger partial charge on any atom is 0.332 e. The smallest absolute Gasteiger partial charge is 0.332 e. The minimum atomic E-state index is -0.987. The van der Waals surface area contributed by atoms with Crippen LogP contribution in [-0.4, -0.2) is 52.0 Å². The summed E-state index contributed by atoms with van der Waals surface area (Å²) in [7, 11) is 1.43. The largest absolute Gasteiger partial charge is 0.496 e. The highest BCUT2D eigenvalue weighted by molar-refractivity contribution is 7.22. The van der Waals surface area contributed by atoms with Gasteiger partial charge in [0, 0.05) is 12.1 Å². The van der Waals surface area contributed by atoms with Crippen molar-refractivity contribution in [2.75, 3.05) is 26.9 Å². The van der Waals surface area contributed by atoms with Crippen LogP contribution in [0.1, 0.15) is 36.1 Å². The van der Waals surface area contributed by atoms with E-state index in [1.165, 1.54) is 42.3 Å². The fourth-order valence-electron chi connectivity index (χ4n) is 4.90. The van der Waals surface area contributed by atoms with Crippen LogP contribution in [-0.2, 0) is 16.1 Å². The summed E-state index contributed by atoms with van der Waals surface area (Å²) in [5.41, 5.74) is -0.420. The zero-order valence-corrected chi connectivity index (χ0v) is 22.1. The summed E-state index contributed by atoms with van der Waals surface area (Å²) < 4.78 is 33.4. The molecule has 1 aliphatic heterocycles. The molecule has 0 radical (unpaired) electrons. The van der Waals surface area contributed by atoms with Crippen molar-refractivity contribution in [3.05, 3.63) is 68.4 Å². The van der Waals surface area contributed by atoms with Crippen molar-refractivity contribution in [2.45, 2.75) is 38.5 Å². The quantitative estimate of drug-likeness (QED) is 0.320. The highest BCUT2D eigenvalue weighted by Gasteiger charge is 2.32. The molecule has 0 bridgehead atoms. The molecule has 1 fully saturated rings. The first-order chi connectivity index (χ1) is 18.8. The first-order valence-electron chi connectivity index (χ1n) is 12.4. The van der Waals surface area contributed by atoms with Gasteiger partial charge in [-0.1, -0.05) is 0 Å². The van der Waals surface area contributed by atoms with Gasteiger partial charge in [0.2, 0.25) is 11.8 Å². The van der Waals surface area contributed by atoms with Crippen LogP contribution in [0.2, 0.25) is 0 Å². The van der Waals surface area contributed by atoms with Gasteiger partial charge in [-0.15, -0.1) is 11.3 Å². The Balaban J connectivity index is 1.76. The van der Waals surface area contributed by atoms with Crippen LogP contribution in [0.15, 0.2) is 44.7 Å². The van der Waals surface area contributed by atoms with Gasteiger partial charge in [-0.2, -0.15) is 0 Å². The number of rotatable bonds is 9. The molecule has 0 aliphatic carbocycles. The van der Waals surface area contributed by atoms with E-state index in [0.717, 1.165) is 15.9 Å².